The Bertz CT molecular complexity index is 355. The van der Waals surface area contributed by atoms with Gasteiger partial charge in [-0.3, -0.25) is 14.4 Å². The fourth-order valence-corrected chi connectivity index (χ4v) is 2.08. The third kappa shape index (κ3) is 4.89. The van der Waals surface area contributed by atoms with Gasteiger partial charge >= 0.3 is 5.97 Å². The van der Waals surface area contributed by atoms with Crippen molar-refractivity contribution in [2.45, 2.75) is 27.2 Å². The van der Waals surface area contributed by atoms with E-state index in [0.29, 0.717) is 25.6 Å². The number of ether oxygens (including phenoxy) is 1. The second-order valence-electron chi connectivity index (χ2n) is 5.12. The summed E-state index contributed by atoms with van der Waals surface area (Å²) in [6.45, 7) is 7.02. The maximum absolute atomic E-state index is 11.8. The first-order chi connectivity index (χ1) is 8.93. The van der Waals surface area contributed by atoms with Gasteiger partial charge in [0.05, 0.1) is 12.5 Å². The second-order valence-corrected chi connectivity index (χ2v) is 5.12. The Labute approximate surface area is 113 Å². The zero-order valence-corrected chi connectivity index (χ0v) is 11.8. The van der Waals surface area contributed by atoms with Crippen molar-refractivity contribution in [1.29, 1.82) is 0 Å². The Morgan fingerprint density at radius 1 is 1.47 bits per heavy atom. The van der Waals surface area contributed by atoms with Crippen molar-refractivity contribution >= 4 is 17.8 Å². The average molecular weight is 270 g/mol. The number of likely N-dealkylation sites (tertiary alicyclic amines) is 1. The van der Waals surface area contributed by atoms with Gasteiger partial charge in [0.25, 0.3) is 0 Å². The first-order valence-electron chi connectivity index (χ1n) is 6.65. The molecule has 1 aliphatic rings. The maximum Gasteiger partial charge on any atom is 0.325 e. The number of amides is 2. The number of carbonyl (C=O) groups is 3. The highest BCUT2D eigenvalue weighted by atomic mass is 16.5. The molecule has 1 N–H and O–H groups in total. The molecule has 0 aliphatic carbocycles. The van der Waals surface area contributed by atoms with E-state index in [0.717, 1.165) is 0 Å². The van der Waals surface area contributed by atoms with Crippen LogP contribution in [0.3, 0.4) is 0 Å². The van der Waals surface area contributed by atoms with E-state index in [1.54, 1.807) is 11.8 Å². The standard InChI is InChI=1S/C13H22N2O4/c1-4-19-12(17)6-14-13(18)10-5-11(16)15(8-10)7-9(2)3/h9-10H,4-8H2,1-3H3,(H,14,18). The lowest BCUT2D eigenvalue weighted by Gasteiger charge is -2.18. The highest BCUT2D eigenvalue weighted by molar-refractivity contribution is 5.90. The van der Waals surface area contributed by atoms with Crippen LogP contribution in [0.15, 0.2) is 0 Å². The van der Waals surface area contributed by atoms with Crippen molar-refractivity contribution in [3.63, 3.8) is 0 Å². The molecule has 1 atom stereocenters. The van der Waals surface area contributed by atoms with E-state index in [4.69, 9.17) is 4.74 Å². The quantitative estimate of drug-likeness (QED) is 0.698. The van der Waals surface area contributed by atoms with E-state index in [2.05, 4.69) is 5.32 Å². The molecule has 0 aromatic heterocycles. The van der Waals surface area contributed by atoms with E-state index in [-0.39, 0.29) is 30.7 Å². The predicted octanol–water partition coefficient (Wildman–Crippen LogP) is 0.170. The molecule has 0 aromatic carbocycles. The lowest BCUT2D eigenvalue weighted by Crippen LogP contribution is -2.37. The normalized spacial score (nSPS) is 18.8. The van der Waals surface area contributed by atoms with Crippen LogP contribution in [0, 0.1) is 11.8 Å². The lowest BCUT2D eigenvalue weighted by atomic mass is 10.1. The monoisotopic (exact) mass is 270 g/mol. The minimum atomic E-state index is -0.459. The SMILES string of the molecule is CCOC(=O)CNC(=O)C1CC(=O)N(CC(C)C)C1. The molecule has 0 spiro atoms. The molecular formula is C13H22N2O4. The molecule has 2 amide bonds. The summed E-state index contributed by atoms with van der Waals surface area (Å²) in [7, 11) is 0. The van der Waals surface area contributed by atoms with Crippen LogP contribution in [-0.4, -0.2) is 48.9 Å². The summed E-state index contributed by atoms with van der Waals surface area (Å²) in [5.41, 5.74) is 0. The molecular weight excluding hydrogens is 248 g/mol. The van der Waals surface area contributed by atoms with Crippen LogP contribution in [-0.2, 0) is 19.1 Å². The summed E-state index contributed by atoms with van der Waals surface area (Å²) >= 11 is 0. The highest BCUT2D eigenvalue weighted by Crippen LogP contribution is 2.18. The molecule has 1 rings (SSSR count). The van der Waals surface area contributed by atoms with E-state index >= 15 is 0 Å². The van der Waals surface area contributed by atoms with Crippen molar-refractivity contribution in [2.24, 2.45) is 11.8 Å². The Kier molecular flexibility index (Phi) is 5.79. The minimum absolute atomic E-state index is 0.00462. The van der Waals surface area contributed by atoms with Gasteiger partial charge in [0.1, 0.15) is 6.54 Å². The topological polar surface area (TPSA) is 75.7 Å². The number of hydrogen-bond donors (Lipinski definition) is 1. The van der Waals surface area contributed by atoms with Crippen molar-refractivity contribution in [1.82, 2.24) is 10.2 Å². The Morgan fingerprint density at radius 3 is 2.74 bits per heavy atom. The Hall–Kier alpha value is -1.59. The van der Waals surface area contributed by atoms with Crippen molar-refractivity contribution in [2.75, 3.05) is 26.2 Å². The van der Waals surface area contributed by atoms with Crippen LogP contribution in [0.25, 0.3) is 0 Å². The van der Waals surface area contributed by atoms with Gasteiger partial charge in [-0.15, -0.1) is 0 Å². The van der Waals surface area contributed by atoms with Crippen LogP contribution in [0.2, 0.25) is 0 Å². The molecule has 6 heteroatoms. The van der Waals surface area contributed by atoms with Crippen molar-refractivity contribution in [3.05, 3.63) is 0 Å². The molecule has 6 nitrogen and oxygen atoms in total. The van der Waals surface area contributed by atoms with Crippen LogP contribution < -0.4 is 5.32 Å². The summed E-state index contributed by atoms with van der Waals surface area (Å²) in [6, 6.07) is 0. The first-order valence-corrected chi connectivity index (χ1v) is 6.65. The summed E-state index contributed by atoms with van der Waals surface area (Å²) in [4.78, 5) is 36.4. The van der Waals surface area contributed by atoms with Crippen LogP contribution in [0.4, 0.5) is 0 Å². The summed E-state index contributed by atoms with van der Waals surface area (Å²) in [5.74, 6) is -0.692. The van der Waals surface area contributed by atoms with Gasteiger partial charge in [0.2, 0.25) is 11.8 Å². The van der Waals surface area contributed by atoms with Crippen LogP contribution in [0.5, 0.6) is 0 Å². The summed E-state index contributed by atoms with van der Waals surface area (Å²) in [5, 5.41) is 2.51. The molecule has 0 bridgehead atoms. The molecule has 1 unspecified atom stereocenters. The predicted molar refractivity (Wildman–Crippen MR) is 69.2 cm³/mol. The zero-order valence-electron chi connectivity index (χ0n) is 11.8. The van der Waals surface area contributed by atoms with E-state index in [1.807, 2.05) is 13.8 Å². The van der Waals surface area contributed by atoms with E-state index < -0.39 is 5.97 Å². The number of esters is 1. The number of nitrogens with one attached hydrogen (secondary N) is 1. The van der Waals surface area contributed by atoms with Crippen molar-refractivity contribution < 1.29 is 19.1 Å². The molecule has 1 fully saturated rings. The van der Waals surface area contributed by atoms with Crippen LogP contribution in [0.1, 0.15) is 27.2 Å². The number of nitrogens with zero attached hydrogens (tertiary/aromatic N) is 1. The molecule has 0 saturated carbocycles. The Morgan fingerprint density at radius 2 is 2.16 bits per heavy atom. The molecule has 108 valence electrons. The second kappa shape index (κ2) is 7.11. The molecule has 1 heterocycles. The molecule has 0 radical (unpaired) electrons. The smallest absolute Gasteiger partial charge is 0.325 e. The molecule has 1 aliphatic heterocycles. The first kappa shape index (κ1) is 15.5. The van der Waals surface area contributed by atoms with Gasteiger partial charge < -0.3 is 15.0 Å². The summed E-state index contributed by atoms with van der Waals surface area (Å²) in [6.07, 6.45) is 0.224. The van der Waals surface area contributed by atoms with Crippen LogP contribution >= 0.6 is 0 Å². The minimum Gasteiger partial charge on any atom is -0.465 e. The van der Waals surface area contributed by atoms with Gasteiger partial charge in [-0.25, -0.2) is 0 Å². The molecule has 0 aromatic rings. The van der Waals surface area contributed by atoms with E-state index in [1.165, 1.54) is 0 Å². The average Bonchev–Trinajstić information content (AvgIpc) is 2.67. The zero-order chi connectivity index (χ0) is 14.4. The molecule has 19 heavy (non-hydrogen) atoms. The Balaban J connectivity index is 2.38. The third-order valence-electron chi connectivity index (χ3n) is 2.88. The van der Waals surface area contributed by atoms with Crippen molar-refractivity contribution in [3.8, 4) is 0 Å². The van der Waals surface area contributed by atoms with E-state index in [9.17, 15) is 14.4 Å². The van der Waals surface area contributed by atoms with Gasteiger partial charge in [0, 0.05) is 19.5 Å². The number of rotatable bonds is 6. The maximum atomic E-state index is 11.8. The van der Waals surface area contributed by atoms with Gasteiger partial charge in [0.15, 0.2) is 0 Å². The lowest BCUT2D eigenvalue weighted by molar-refractivity contribution is -0.143. The summed E-state index contributed by atoms with van der Waals surface area (Å²) < 4.78 is 4.72. The third-order valence-corrected chi connectivity index (χ3v) is 2.88. The van der Waals surface area contributed by atoms with Gasteiger partial charge in [-0.1, -0.05) is 13.8 Å². The molecule has 1 saturated heterocycles. The number of carbonyl (C=O) groups excluding carboxylic acids is 3. The number of hydrogen-bond acceptors (Lipinski definition) is 4. The highest BCUT2D eigenvalue weighted by Gasteiger charge is 2.34. The van der Waals surface area contributed by atoms with Gasteiger partial charge in [-0.2, -0.15) is 0 Å². The fourth-order valence-electron chi connectivity index (χ4n) is 2.08. The largest absolute Gasteiger partial charge is 0.465 e. The van der Waals surface area contributed by atoms with Gasteiger partial charge in [-0.05, 0) is 12.8 Å². The fraction of sp³-hybridized carbons (Fsp3) is 0.769.